The van der Waals surface area contributed by atoms with Gasteiger partial charge in [-0.05, 0) is 53.8 Å². The van der Waals surface area contributed by atoms with Crippen LogP contribution >= 0.6 is 22.6 Å². The van der Waals surface area contributed by atoms with Crippen molar-refractivity contribution >= 4 is 39.8 Å². The average Bonchev–Trinajstić information content (AvgIpc) is 2.85. The van der Waals surface area contributed by atoms with Crippen LogP contribution in [0.2, 0.25) is 0 Å². The van der Waals surface area contributed by atoms with Crippen LogP contribution in [-0.4, -0.2) is 20.5 Å². The summed E-state index contributed by atoms with van der Waals surface area (Å²) in [7, 11) is 0. The highest BCUT2D eigenvalue weighted by atomic mass is 127. The number of fused-ring (bicyclic) bond motifs is 1. The van der Waals surface area contributed by atoms with E-state index in [1.807, 2.05) is 0 Å². The monoisotopic (exact) mass is 414 g/mol. The number of carbonyl (C=O) groups excluding carboxylic acids is 1. The minimum Gasteiger partial charge on any atom is -0.322 e. The Morgan fingerprint density at radius 2 is 1.91 bits per heavy atom. The fourth-order valence-corrected chi connectivity index (χ4v) is 2.28. The predicted octanol–water partition coefficient (Wildman–Crippen LogP) is 3.17. The first kappa shape index (κ1) is 14.8. The zero-order valence-electron chi connectivity index (χ0n) is 11.3. The molecule has 0 saturated carbocycles. The van der Waals surface area contributed by atoms with E-state index in [1.165, 1.54) is 0 Å². The molecule has 1 aromatic carbocycles. The zero-order valence-corrected chi connectivity index (χ0v) is 13.4. The summed E-state index contributed by atoms with van der Waals surface area (Å²) in [4.78, 5) is 12.2. The van der Waals surface area contributed by atoms with Crippen LogP contribution in [0.15, 0.2) is 30.5 Å². The molecule has 3 aromatic rings. The molecule has 0 fully saturated rings. The number of halogens is 3. The van der Waals surface area contributed by atoms with Crippen molar-refractivity contribution < 1.29 is 13.6 Å². The summed E-state index contributed by atoms with van der Waals surface area (Å²) in [6.45, 7) is 1.76. The molecule has 2 heterocycles. The topological polar surface area (TPSA) is 59.3 Å². The molecule has 22 heavy (non-hydrogen) atoms. The largest absolute Gasteiger partial charge is 0.322 e. The summed E-state index contributed by atoms with van der Waals surface area (Å²) < 4.78 is 28.5. The van der Waals surface area contributed by atoms with Crippen LogP contribution in [0, 0.1) is 22.1 Å². The quantitative estimate of drug-likeness (QED) is 0.518. The Balaban J connectivity index is 1.91. The van der Waals surface area contributed by atoms with E-state index in [9.17, 15) is 13.6 Å². The fraction of sp³-hybridized carbons (Fsp3) is 0.0714. The van der Waals surface area contributed by atoms with Gasteiger partial charge >= 0.3 is 0 Å². The lowest BCUT2D eigenvalue weighted by Gasteiger charge is -2.07. The van der Waals surface area contributed by atoms with Gasteiger partial charge in [-0.15, -0.1) is 10.2 Å². The van der Waals surface area contributed by atoms with Crippen molar-refractivity contribution in [1.82, 2.24) is 14.6 Å². The molecule has 5 nitrogen and oxygen atoms in total. The molecule has 0 atom stereocenters. The summed E-state index contributed by atoms with van der Waals surface area (Å²) in [5.41, 5.74) is 0.996. The van der Waals surface area contributed by atoms with Crippen LogP contribution in [0.25, 0.3) is 5.65 Å². The molecular formula is C14H9F2IN4O. The van der Waals surface area contributed by atoms with Gasteiger partial charge in [0.25, 0.3) is 5.91 Å². The molecule has 2 aromatic heterocycles. The van der Waals surface area contributed by atoms with Gasteiger partial charge in [0.1, 0.15) is 17.5 Å². The number of pyridine rings is 1. The second-order valence-electron chi connectivity index (χ2n) is 4.60. The molecule has 8 heteroatoms. The molecule has 1 N–H and O–H groups in total. The van der Waals surface area contributed by atoms with Crippen LogP contribution in [0.1, 0.15) is 16.2 Å². The van der Waals surface area contributed by atoms with Gasteiger partial charge in [-0.25, -0.2) is 8.78 Å². The van der Waals surface area contributed by atoms with Crippen molar-refractivity contribution in [3.63, 3.8) is 0 Å². The third-order valence-electron chi connectivity index (χ3n) is 3.08. The van der Waals surface area contributed by atoms with Gasteiger partial charge < -0.3 is 5.32 Å². The highest BCUT2D eigenvalue weighted by Gasteiger charge is 2.12. The standard InChI is InChI=1S/C14H9F2IN4O/c1-7-19-20-12-3-2-8(6-21(7)12)14(22)18-9-4-10(15)13(17)11(16)5-9/h2-6H,1H3,(H,18,22). The van der Waals surface area contributed by atoms with E-state index in [0.717, 1.165) is 12.1 Å². The van der Waals surface area contributed by atoms with E-state index >= 15 is 0 Å². The predicted molar refractivity (Wildman–Crippen MR) is 84.8 cm³/mol. The number of aryl methyl sites for hydroxylation is 1. The number of anilines is 1. The van der Waals surface area contributed by atoms with Crippen molar-refractivity contribution in [3.8, 4) is 0 Å². The average molecular weight is 414 g/mol. The van der Waals surface area contributed by atoms with E-state index in [4.69, 9.17) is 0 Å². The lowest BCUT2D eigenvalue weighted by atomic mass is 10.2. The third-order valence-corrected chi connectivity index (χ3v) is 4.11. The maximum absolute atomic E-state index is 13.5. The minimum absolute atomic E-state index is 0.0565. The molecular weight excluding hydrogens is 405 g/mol. The normalized spacial score (nSPS) is 10.9. The highest BCUT2D eigenvalue weighted by Crippen LogP contribution is 2.21. The van der Waals surface area contributed by atoms with Gasteiger partial charge in [-0.2, -0.15) is 0 Å². The molecule has 112 valence electrons. The molecule has 0 spiro atoms. The van der Waals surface area contributed by atoms with Gasteiger partial charge in [0.2, 0.25) is 0 Å². The van der Waals surface area contributed by atoms with E-state index in [2.05, 4.69) is 15.5 Å². The number of carbonyl (C=O) groups is 1. The van der Waals surface area contributed by atoms with E-state index in [0.29, 0.717) is 17.0 Å². The summed E-state index contributed by atoms with van der Waals surface area (Å²) in [6.07, 6.45) is 1.57. The van der Waals surface area contributed by atoms with Gasteiger partial charge in [0.15, 0.2) is 5.65 Å². The number of hydrogen-bond donors (Lipinski definition) is 1. The van der Waals surface area contributed by atoms with Crippen molar-refractivity contribution in [2.24, 2.45) is 0 Å². The second kappa shape index (κ2) is 5.59. The highest BCUT2D eigenvalue weighted by molar-refractivity contribution is 14.1. The smallest absolute Gasteiger partial charge is 0.257 e. The zero-order chi connectivity index (χ0) is 15.9. The Morgan fingerprint density at radius 3 is 2.59 bits per heavy atom. The number of amides is 1. The maximum Gasteiger partial charge on any atom is 0.257 e. The Bertz CT molecular complexity index is 871. The summed E-state index contributed by atoms with van der Waals surface area (Å²) in [5, 5.41) is 10.3. The van der Waals surface area contributed by atoms with Crippen molar-refractivity contribution in [3.05, 3.63) is 57.1 Å². The Kier molecular flexibility index (Phi) is 3.77. The van der Waals surface area contributed by atoms with E-state index in [-0.39, 0.29) is 9.26 Å². The first-order valence-corrected chi connectivity index (χ1v) is 7.31. The van der Waals surface area contributed by atoms with Crippen LogP contribution in [-0.2, 0) is 0 Å². The minimum atomic E-state index is -0.721. The van der Waals surface area contributed by atoms with Gasteiger partial charge in [0, 0.05) is 11.9 Å². The van der Waals surface area contributed by atoms with Crippen LogP contribution in [0.3, 0.4) is 0 Å². The maximum atomic E-state index is 13.5. The van der Waals surface area contributed by atoms with Gasteiger partial charge in [0.05, 0.1) is 9.13 Å². The van der Waals surface area contributed by atoms with Crippen molar-refractivity contribution in [2.75, 3.05) is 5.32 Å². The summed E-state index contributed by atoms with van der Waals surface area (Å²) in [6, 6.07) is 5.36. The summed E-state index contributed by atoms with van der Waals surface area (Å²) in [5.74, 6) is -1.28. The van der Waals surface area contributed by atoms with E-state index < -0.39 is 17.5 Å². The van der Waals surface area contributed by atoms with Gasteiger partial charge in [-0.1, -0.05) is 0 Å². The number of rotatable bonds is 2. The SMILES string of the molecule is Cc1nnc2ccc(C(=O)Nc3cc(F)c(I)c(F)c3)cn12. The van der Waals surface area contributed by atoms with Crippen molar-refractivity contribution in [1.29, 1.82) is 0 Å². The second-order valence-corrected chi connectivity index (χ2v) is 5.68. The first-order chi connectivity index (χ1) is 10.5. The molecule has 0 radical (unpaired) electrons. The molecule has 0 saturated heterocycles. The van der Waals surface area contributed by atoms with E-state index in [1.54, 1.807) is 52.2 Å². The fourth-order valence-electron chi connectivity index (χ4n) is 1.97. The summed E-state index contributed by atoms with van der Waals surface area (Å²) >= 11 is 1.56. The number of benzene rings is 1. The third kappa shape index (κ3) is 2.65. The van der Waals surface area contributed by atoms with Gasteiger partial charge in [-0.3, -0.25) is 9.20 Å². The number of aromatic nitrogens is 3. The van der Waals surface area contributed by atoms with Crippen molar-refractivity contribution in [2.45, 2.75) is 6.92 Å². The molecule has 1 amide bonds. The number of nitrogens with one attached hydrogen (secondary N) is 1. The molecule has 0 bridgehead atoms. The molecule has 0 unspecified atom stereocenters. The Hall–Kier alpha value is -2.10. The molecule has 3 rings (SSSR count). The first-order valence-electron chi connectivity index (χ1n) is 6.23. The van der Waals surface area contributed by atoms with Crippen LogP contribution in [0.5, 0.6) is 0 Å². The van der Waals surface area contributed by atoms with Crippen LogP contribution in [0.4, 0.5) is 14.5 Å². The Labute approximate surface area is 137 Å². The molecule has 0 aliphatic carbocycles. The Morgan fingerprint density at radius 1 is 1.23 bits per heavy atom. The number of hydrogen-bond acceptors (Lipinski definition) is 3. The lowest BCUT2D eigenvalue weighted by Crippen LogP contribution is -2.13. The lowest BCUT2D eigenvalue weighted by molar-refractivity contribution is 0.102. The van der Waals surface area contributed by atoms with Crippen LogP contribution < -0.4 is 5.32 Å². The molecule has 0 aliphatic heterocycles. The molecule has 0 aliphatic rings. The number of nitrogens with zero attached hydrogens (tertiary/aromatic N) is 3.